The minimum Gasteiger partial charge on any atom is -0.479 e. The van der Waals surface area contributed by atoms with Gasteiger partial charge in [-0.25, -0.2) is 19.9 Å². The zero-order valence-corrected chi connectivity index (χ0v) is 75.2. The number of nitrogens with zero attached hydrogens (tertiary/aromatic N) is 11. The second-order valence-electron chi connectivity index (χ2n) is 35.0. The Morgan fingerprint density at radius 1 is 0.338 bits per heavy atom. The molecule has 8 aliphatic heterocycles. The molecule has 11 aromatic heterocycles. The van der Waals surface area contributed by atoms with Gasteiger partial charge in [0.2, 0.25) is 0 Å². The molecule has 0 bridgehead atoms. The van der Waals surface area contributed by atoms with Gasteiger partial charge < -0.3 is 78.6 Å². The molecule has 0 radical (unpaired) electrons. The van der Waals surface area contributed by atoms with Gasteiger partial charge in [-0.3, -0.25) is 29.1 Å². The predicted molar refractivity (Wildman–Crippen MR) is 511 cm³/mol. The van der Waals surface area contributed by atoms with E-state index in [0.717, 1.165) is 178 Å². The fourth-order valence-electron chi connectivity index (χ4n) is 20.2. The zero-order valence-electron chi connectivity index (χ0n) is 72.2. The largest absolute Gasteiger partial charge is 0.479 e. The number of hydrogen-bond donors (Lipinski definition) is 7. The third-order valence-corrected chi connectivity index (χ3v) is 28.0. The topological polar surface area (TPSA) is 318 Å². The van der Waals surface area contributed by atoms with E-state index in [2.05, 4.69) is 65.8 Å². The van der Waals surface area contributed by atoms with Crippen molar-refractivity contribution in [1.29, 1.82) is 0 Å². The highest BCUT2D eigenvalue weighted by Crippen LogP contribution is 2.50. The van der Waals surface area contributed by atoms with Gasteiger partial charge in [0.05, 0.1) is 11.2 Å². The van der Waals surface area contributed by atoms with Crippen molar-refractivity contribution in [2.75, 3.05) is 70.3 Å². The van der Waals surface area contributed by atoms with Crippen LogP contribution in [0.2, 0.25) is 20.1 Å². The molecule has 30 heteroatoms. The van der Waals surface area contributed by atoms with Gasteiger partial charge in [0.25, 0.3) is 23.6 Å². The van der Waals surface area contributed by atoms with E-state index < -0.39 is 35.6 Å². The Labute approximate surface area is 784 Å². The van der Waals surface area contributed by atoms with E-state index in [9.17, 15) is 29.4 Å². The van der Waals surface area contributed by atoms with Gasteiger partial charge in [0.15, 0.2) is 24.4 Å². The molecule has 19 heterocycles. The number of pyridine rings is 6. The summed E-state index contributed by atoms with van der Waals surface area (Å²) < 4.78 is 25.2. The number of aromatic amines is 5. The normalized spacial score (nSPS) is 18.7. The molecule has 4 saturated heterocycles. The molecule has 0 aliphatic carbocycles. The van der Waals surface area contributed by atoms with Crippen molar-refractivity contribution in [1.82, 2.24) is 74.4 Å². The number of rotatable bonds is 12. The number of aromatic nitrogens is 11. The number of piperazine rings is 1. The van der Waals surface area contributed by atoms with Crippen LogP contribution in [-0.4, -0.2) is 198 Å². The summed E-state index contributed by atoms with van der Waals surface area (Å²) in [6, 6.07) is 52.5. The Morgan fingerprint density at radius 3 is 1.05 bits per heavy atom. The number of fused-ring (bicyclic) bond motifs is 8. The highest BCUT2D eigenvalue weighted by molar-refractivity contribution is 6.32. The maximum absolute atomic E-state index is 13.4. The highest BCUT2D eigenvalue weighted by atomic mass is 35.5. The van der Waals surface area contributed by atoms with Gasteiger partial charge >= 0.3 is 0 Å². The van der Waals surface area contributed by atoms with Crippen LogP contribution in [-0.2, 0) is 56.1 Å². The van der Waals surface area contributed by atoms with Gasteiger partial charge in [0.1, 0.15) is 45.6 Å². The van der Waals surface area contributed by atoms with E-state index in [0.29, 0.717) is 128 Å². The first kappa shape index (κ1) is 86.1. The van der Waals surface area contributed by atoms with Crippen molar-refractivity contribution in [3.8, 4) is 67.5 Å². The average Bonchev–Trinajstić information content (AvgIpc) is 1.62. The maximum Gasteiger partial charge on any atom is 0.264 e. The third-order valence-electron chi connectivity index (χ3n) is 27.1. The van der Waals surface area contributed by atoms with E-state index in [1.807, 2.05) is 203 Å². The number of ether oxygens (including phenoxy) is 4. The molecule has 4 atom stereocenters. The number of carbonyl (C=O) groups is 4. The van der Waals surface area contributed by atoms with Crippen LogP contribution in [0.3, 0.4) is 0 Å². The molecule has 7 N–H and O–H groups in total. The van der Waals surface area contributed by atoms with E-state index in [4.69, 9.17) is 65.4 Å². The summed E-state index contributed by atoms with van der Waals surface area (Å²) in [5.74, 6) is 3.36. The van der Waals surface area contributed by atoms with Crippen molar-refractivity contribution in [2.24, 2.45) is 0 Å². The minimum absolute atomic E-state index is 0.0316. The quantitative estimate of drug-likeness (QED) is 0.0598. The monoisotopic (exact) mass is 1850 g/mol. The molecule has 0 saturated carbocycles. The summed E-state index contributed by atoms with van der Waals surface area (Å²) in [6.45, 7) is 6.30. The number of benzene rings is 5. The first-order chi connectivity index (χ1) is 64.9. The van der Waals surface area contributed by atoms with Crippen molar-refractivity contribution in [3.63, 3.8) is 0 Å². The third kappa shape index (κ3) is 17.2. The lowest BCUT2D eigenvalue weighted by Crippen LogP contribution is -2.52. The Kier molecular flexibility index (Phi) is 23.6. The Bertz CT molecular complexity index is 6830. The van der Waals surface area contributed by atoms with Crippen LogP contribution in [0.15, 0.2) is 244 Å². The van der Waals surface area contributed by atoms with Crippen LogP contribution in [0.4, 0.5) is 5.69 Å². The maximum atomic E-state index is 13.4. The molecule has 4 unspecified atom stereocenters. The fourth-order valence-corrected chi connectivity index (χ4v) is 21.1. The summed E-state index contributed by atoms with van der Waals surface area (Å²) in [7, 11) is 0. The molecule has 4 fully saturated rings. The molecular formula is C103H92Cl4N16O10. The van der Waals surface area contributed by atoms with Gasteiger partial charge in [-0.2, -0.15) is 0 Å². The molecular weight excluding hydrogens is 1760 g/mol. The van der Waals surface area contributed by atoms with Crippen LogP contribution < -0.4 is 23.8 Å². The smallest absolute Gasteiger partial charge is 0.264 e. The molecule has 0 spiro atoms. The number of piperidine rings is 3. The molecule has 5 aromatic carbocycles. The number of likely N-dealkylation sites (tertiary alicyclic amines) is 3. The first-order valence-electron chi connectivity index (χ1n) is 44.9. The standard InChI is InChI=1S/C27H24ClN3O3.C26H23ClN4O3.C25H22ClN5O2.C25H23ClN4O2/c28-19-14-17-15-23(26(32)31-12-8-27(33,9-13-31)18-4-2-1-3-5-18)34-24(17)22(16-19)20-6-10-29-25-21(20)7-11-30-25;27-18-12-16-13-22(25(32)31-10-5-26(33,6-11-31)17-2-1-7-28-15-17)34-23(16)21(14-18)19-3-8-29-24-20(19)4-9-30-24;26-17-13-16-14-22(25(32)31-11-9-30(10-12-31)18-1-5-27-6-2-18)33-23(16)21(15-17)19-3-7-28-24-20(19)4-8-29-24;26-17-12-16-13-22(25(31)30-10-5-15(6-11-30)21-2-1-7-27-21)32-23(16)20(14-17)18-3-8-28-24-19(18)4-9-29-24/h1-7,10-11,14,16,23,33H,8-9,12-13,15H2,(H,29,30);1-4,7-9,12,14-15,22,33H,5-6,10-11,13H2,(H,29,30);1-8,13,15,22H,9-12,14H2,(H,28,29);1-4,7-9,12,14-15,22,27H,5-6,10-11,13H2,(H,28,29). The predicted octanol–water partition coefficient (Wildman–Crippen LogP) is 17.6. The molecule has 133 heavy (non-hydrogen) atoms. The minimum atomic E-state index is -0.964. The highest BCUT2D eigenvalue weighted by Gasteiger charge is 2.45. The van der Waals surface area contributed by atoms with Crippen LogP contribution in [0.25, 0.3) is 88.6 Å². The Hall–Kier alpha value is -13.6. The summed E-state index contributed by atoms with van der Waals surface area (Å²) in [5.41, 5.74) is 16.6. The average molecular weight is 1860 g/mol. The molecule has 8 aliphatic rings. The lowest BCUT2D eigenvalue weighted by molar-refractivity contribution is -0.143. The fraction of sp³-hybridized carbons (Fsp3) is 0.262. The van der Waals surface area contributed by atoms with E-state index in [1.165, 1.54) is 5.69 Å². The number of amides is 4. The SMILES string of the molecule is O=C(C1Cc2cc(Cl)cc(-c3ccnc4[nH]ccc34)c2O1)N1CCC(O)(c2ccccc2)CC1.O=C(C1Cc2cc(Cl)cc(-c3ccnc4[nH]ccc34)c2O1)N1CCC(O)(c2cccnc2)CC1.O=C(C1Cc2cc(Cl)cc(-c3ccnc4[nH]ccc34)c2O1)N1CCC(c2ccc[nH]2)CC1.O=C(C1Cc2cc(Cl)cc(-c3ccnc4[nH]ccc34)c2O1)N1CCN(c2ccncc2)CC1. The molecule has 672 valence electrons. The lowest BCUT2D eigenvalue weighted by atomic mass is 9.84. The first-order valence-corrected chi connectivity index (χ1v) is 46.4. The van der Waals surface area contributed by atoms with Gasteiger partial charge in [0, 0.05) is 281 Å². The number of nitrogens with one attached hydrogen (secondary N) is 5. The number of carbonyl (C=O) groups excluding carboxylic acids is 4. The van der Waals surface area contributed by atoms with Gasteiger partial charge in [-0.1, -0.05) is 82.8 Å². The van der Waals surface area contributed by atoms with Crippen molar-refractivity contribution >= 4 is 120 Å². The molecule has 4 amide bonds. The number of hydrogen-bond acceptors (Lipinski definition) is 17. The van der Waals surface area contributed by atoms with Crippen LogP contribution in [0.5, 0.6) is 23.0 Å². The Morgan fingerprint density at radius 2 is 0.692 bits per heavy atom. The van der Waals surface area contributed by atoms with E-state index in [-0.39, 0.29) is 23.6 Å². The van der Waals surface area contributed by atoms with E-state index >= 15 is 0 Å². The molecule has 16 aromatic rings. The molecule has 24 rings (SSSR count). The van der Waals surface area contributed by atoms with Crippen LogP contribution in [0, 0.1) is 0 Å². The molecule has 26 nitrogen and oxygen atoms in total. The lowest BCUT2D eigenvalue weighted by Gasteiger charge is -2.39. The summed E-state index contributed by atoms with van der Waals surface area (Å²) in [5, 5.41) is 28.6. The van der Waals surface area contributed by atoms with E-state index in [1.54, 1.807) is 54.5 Å². The summed E-state index contributed by atoms with van der Waals surface area (Å²) in [6.07, 6.45) is 27.0. The van der Waals surface area contributed by atoms with Crippen LogP contribution in [0.1, 0.15) is 83.5 Å². The Balaban J connectivity index is 0.000000107. The van der Waals surface area contributed by atoms with Gasteiger partial charge in [-0.05, 0) is 194 Å². The van der Waals surface area contributed by atoms with Crippen LogP contribution >= 0.6 is 46.4 Å². The number of anilines is 1. The van der Waals surface area contributed by atoms with Crippen molar-refractivity contribution in [2.45, 2.75) is 106 Å². The number of H-pyrrole nitrogens is 5. The second kappa shape index (κ2) is 36.5. The zero-order chi connectivity index (χ0) is 90.6. The second-order valence-corrected chi connectivity index (χ2v) is 36.7. The number of aliphatic hydroxyl groups is 2. The van der Waals surface area contributed by atoms with Crippen molar-refractivity contribution in [3.05, 3.63) is 304 Å². The van der Waals surface area contributed by atoms with Crippen molar-refractivity contribution < 1.29 is 48.3 Å². The summed E-state index contributed by atoms with van der Waals surface area (Å²) in [4.78, 5) is 105. The number of halogens is 4. The summed E-state index contributed by atoms with van der Waals surface area (Å²) >= 11 is 25.9. The van der Waals surface area contributed by atoms with Gasteiger partial charge in [-0.15, -0.1) is 0 Å².